The van der Waals surface area contributed by atoms with Gasteiger partial charge in [-0.15, -0.1) is 0 Å². The van der Waals surface area contributed by atoms with Crippen molar-refractivity contribution < 1.29 is 9.30 Å². The summed E-state index contributed by atoms with van der Waals surface area (Å²) < 4.78 is 13.4. The molecule has 0 spiro atoms. The maximum atomic E-state index is 6.78. The lowest BCUT2D eigenvalue weighted by atomic mass is 9.95. The van der Waals surface area contributed by atoms with Crippen LogP contribution in [0.2, 0.25) is 0 Å². The molecule has 0 saturated carbocycles. The number of imidazole rings is 1. The van der Waals surface area contributed by atoms with Crippen molar-refractivity contribution in [3.63, 3.8) is 0 Å². The third-order valence-electron chi connectivity index (χ3n) is 11.8. The van der Waals surface area contributed by atoms with Gasteiger partial charge in [0.15, 0.2) is 0 Å². The van der Waals surface area contributed by atoms with E-state index < -0.39 is 0 Å². The van der Waals surface area contributed by atoms with E-state index in [2.05, 4.69) is 228 Å². The van der Waals surface area contributed by atoms with Gasteiger partial charge in [0.1, 0.15) is 17.3 Å². The summed E-state index contributed by atoms with van der Waals surface area (Å²) >= 11 is 0. The van der Waals surface area contributed by atoms with Gasteiger partial charge in [-0.1, -0.05) is 159 Å². The van der Waals surface area contributed by atoms with E-state index in [1.54, 1.807) is 0 Å². The maximum Gasteiger partial charge on any atom is 0.269 e. The summed E-state index contributed by atoms with van der Waals surface area (Å²) in [5.74, 6) is 2.72. The molecule has 8 aromatic carbocycles. The predicted octanol–water partition coefficient (Wildman–Crippen LogP) is 14.1. The molecule has 3 heterocycles. The van der Waals surface area contributed by atoms with Crippen LogP contribution in [-0.2, 0) is 0 Å². The molecule has 0 aliphatic heterocycles. The summed E-state index contributed by atoms with van der Waals surface area (Å²) in [5, 5.41) is 2.30. The molecule has 0 N–H and O–H groups in total. The molecule has 11 aromatic rings. The van der Waals surface area contributed by atoms with Crippen LogP contribution in [0.15, 0.2) is 212 Å². The van der Waals surface area contributed by atoms with Gasteiger partial charge in [-0.25, -0.2) is 4.98 Å². The third kappa shape index (κ3) is 6.61. The number of ether oxygens (including phenoxy) is 1. The summed E-state index contributed by atoms with van der Waals surface area (Å²) in [6.45, 7) is 4.44. The Labute approximate surface area is 361 Å². The van der Waals surface area contributed by atoms with Crippen molar-refractivity contribution in [3.05, 3.63) is 224 Å². The zero-order valence-corrected chi connectivity index (χ0v) is 34.5. The molecule has 0 saturated heterocycles. The molecule has 0 aliphatic carbocycles. The summed E-state index contributed by atoms with van der Waals surface area (Å²) in [5.41, 5.74) is 14.4. The Hall–Kier alpha value is -8.02. The van der Waals surface area contributed by atoms with Crippen molar-refractivity contribution in [2.75, 3.05) is 0 Å². The van der Waals surface area contributed by atoms with E-state index in [1.807, 2.05) is 18.3 Å². The number of nitrogens with zero attached hydrogens (tertiary/aromatic N) is 4. The Morgan fingerprint density at radius 1 is 0.500 bits per heavy atom. The van der Waals surface area contributed by atoms with Crippen LogP contribution in [0.25, 0.3) is 83.4 Å². The molecule has 5 nitrogen and oxygen atoms in total. The highest BCUT2D eigenvalue weighted by molar-refractivity contribution is 6.10. The first-order chi connectivity index (χ1) is 30.6. The van der Waals surface area contributed by atoms with E-state index in [9.17, 15) is 0 Å². The van der Waals surface area contributed by atoms with Crippen molar-refractivity contribution in [2.24, 2.45) is 0 Å². The van der Waals surface area contributed by atoms with Gasteiger partial charge in [0.2, 0.25) is 0 Å². The van der Waals surface area contributed by atoms with Crippen molar-refractivity contribution in [1.82, 2.24) is 14.1 Å². The molecule has 3 aromatic heterocycles. The lowest BCUT2D eigenvalue weighted by Crippen LogP contribution is -2.31. The molecule has 0 fully saturated rings. The van der Waals surface area contributed by atoms with Crippen LogP contribution >= 0.6 is 0 Å². The van der Waals surface area contributed by atoms with E-state index in [0.29, 0.717) is 5.92 Å². The smallest absolute Gasteiger partial charge is 0.269 e. The topological polar surface area (TPSA) is 35.9 Å². The van der Waals surface area contributed by atoms with Gasteiger partial charge in [0.05, 0.1) is 33.4 Å². The molecule has 296 valence electrons. The fourth-order valence-corrected chi connectivity index (χ4v) is 8.76. The molecule has 0 aliphatic rings. The fourth-order valence-electron chi connectivity index (χ4n) is 8.76. The molecule has 0 bridgehead atoms. The van der Waals surface area contributed by atoms with Crippen molar-refractivity contribution in [1.29, 1.82) is 0 Å². The maximum absolute atomic E-state index is 6.78. The summed E-state index contributed by atoms with van der Waals surface area (Å²) in [6.07, 6.45) is 5.71. The van der Waals surface area contributed by atoms with Gasteiger partial charge in [-0.3, -0.25) is 13.7 Å². The van der Waals surface area contributed by atoms with Gasteiger partial charge < -0.3 is 4.74 Å². The number of hydrogen-bond acceptors (Lipinski definition) is 2. The van der Waals surface area contributed by atoms with E-state index in [0.717, 1.165) is 78.4 Å². The Morgan fingerprint density at radius 3 is 1.89 bits per heavy atom. The zero-order chi connectivity index (χ0) is 41.6. The molecule has 5 heteroatoms. The summed E-state index contributed by atoms with van der Waals surface area (Å²) in [6, 6.07) is 72.5. The SMILES string of the molecule is CC(C)c1ccnc(-n2c3ccc(-c4ccccc4)cc3c3ccc(Oc4cccc(-n5[c-][n+](-c6c(-c7ccccc7)cccc6-c6ccccc6)c6ccccc65)c4)cc32)c1. The summed E-state index contributed by atoms with van der Waals surface area (Å²) in [7, 11) is 0. The predicted molar refractivity (Wildman–Crippen MR) is 253 cm³/mol. The average molecular weight is 799 g/mol. The largest absolute Gasteiger partial charge is 0.458 e. The van der Waals surface area contributed by atoms with Gasteiger partial charge in [0, 0.05) is 23.0 Å². The lowest BCUT2D eigenvalue weighted by Gasteiger charge is -2.17. The number of para-hydroxylation sites is 3. The van der Waals surface area contributed by atoms with Crippen LogP contribution < -0.4 is 9.30 Å². The van der Waals surface area contributed by atoms with Crippen LogP contribution in [-0.4, -0.2) is 14.1 Å². The lowest BCUT2D eigenvalue weighted by molar-refractivity contribution is -0.571. The van der Waals surface area contributed by atoms with Crippen molar-refractivity contribution in [3.8, 4) is 62.1 Å². The molecule has 11 rings (SSSR count). The normalized spacial score (nSPS) is 11.5. The third-order valence-corrected chi connectivity index (χ3v) is 11.8. The Morgan fingerprint density at radius 2 is 1.16 bits per heavy atom. The number of pyridine rings is 1. The summed E-state index contributed by atoms with van der Waals surface area (Å²) in [4.78, 5) is 4.91. The number of benzene rings is 8. The number of hydrogen-bond donors (Lipinski definition) is 0. The average Bonchev–Trinajstić information content (AvgIpc) is 3.88. The monoisotopic (exact) mass is 798 g/mol. The van der Waals surface area contributed by atoms with E-state index >= 15 is 0 Å². The molecule has 62 heavy (non-hydrogen) atoms. The first kappa shape index (κ1) is 37.0. The van der Waals surface area contributed by atoms with E-state index in [1.165, 1.54) is 22.1 Å². The Bertz CT molecular complexity index is 3350. The minimum absolute atomic E-state index is 0.370. The standard InChI is InChI=1S/C57H42N4O/c1-39(2)43-32-33-58-56(35-43)61-52-31-28-44(40-16-6-3-7-17-40)34-51(52)50-30-29-47(37-55(50)61)62-46-23-14-22-45(36-46)59-38-60(54-27-13-12-26-53(54)59)57-48(41-18-8-4-9-19-41)24-15-25-49(57)42-20-10-5-11-21-42/h3-37,39H,1-2H3. The number of fused-ring (bicyclic) bond motifs is 4. The number of aromatic nitrogens is 4. The second-order valence-corrected chi connectivity index (χ2v) is 16.0. The highest BCUT2D eigenvalue weighted by atomic mass is 16.5. The first-order valence-electron chi connectivity index (χ1n) is 21.1. The second kappa shape index (κ2) is 15.5. The Kier molecular flexibility index (Phi) is 9.28. The van der Waals surface area contributed by atoms with E-state index in [-0.39, 0.29) is 0 Å². The van der Waals surface area contributed by atoms with Crippen LogP contribution in [0.4, 0.5) is 0 Å². The molecule has 0 radical (unpaired) electrons. The van der Waals surface area contributed by atoms with Gasteiger partial charge >= 0.3 is 0 Å². The van der Waals surface area contributed by atoms with Crippen molar-refractivity contribution in [2.45, 2.75) is 19.8 Å². The highest BCUT2D eigenvalue weighted by Crippen LogP contribution is 2.39. The quantitative estimate of drug-likeness (QED) is 0.108. The van der Waals surface area contributed by atoms with Gasteiger partial charge in [0.25, 0.3) is 6.33 Å². The van der Waals surface area contributed by atoms with Gasteiger partial charge in [-0.2, -0.15) is 0 Å². The number of rotatable bonds is 9. The van der Waals surface area contributed by atoms with E-state index in [4.69, 9.17) is 9.72 Å². The van der Waals surface area contributed by atoms with Crippen LogP contribution in [0, 0.1) is 6.33 Å². The van der Waals surface area contributed by atoms with Crippen molar-refractivity contribution >= 4 is 32.8 Å². The van der Waals surface area contributed by atoms with Crippen LogP contribution in [0.3, 0.4) is 0 Å². The second-order valence-electron chi connectivity index (χ2n) is 16.0. The Balaban J connectivity index is 1.03. The van der Waals surface area contributed by atoms with Crippen LogP contribution in [0.1, 0.15) is 25.3 Å². The molecule has 0 amide bonds. The fraction of sp³-hybridized carbons (Fsp3) is 0.0526. The minimum Gasteiger partial charge on any atom is -0.458 e. The highest BCUT2D eigenvalue weighted by Gasteiger charge is 2.21. The van der Waals surface area contributed by atoms with Crippen LogP contribution in [0.5, 0.6) is 11.5 Å². The molecule has 0 unspecified atom stereocenters. The molecule has 0 atom stereocenters. The molecular formula is C57H42N4O. The minimum atomic E-state index is 0.370. The van der Waals surface area contributed by atoms with Gasteiger partial charge in [-0.05, 0) is 99.5 Å². The zero-order valence-electron chi connectivity index (χ0n) is 34.5. The molecular weight excluding hydrogens is 757 g/mol. The first-order valence-corrected chi connectivity index (χ1v) is 21.1.